The lowest BCUT2D eigenvalue weighted by Crippen LogP contribution is -2.13. The molecule has 82 valence electrons. The van der Waals surface area contributed by atoms with Gasteiger partial charge in [-0.1, -0.05) is 28.1 Å². The average molecular weight is 280 g/mol. The Kier molecular flexibility index (Phi) is 3.36. The zero-order chi connectivity index (χ0) is 11.4. The maximum absolute atomic E-state index is 11.6. The normalized spacial score (nSPS) is 10.1. The lowest BCUT2D eigenvalue weighted by Gasteiger charge is -2.02. The van der Waals surface area contributed by atoms with Gasteiger partial charge in [-0.25, -0.2) is 0 Å². The van der Waals surface area contributed by atoms with Gasteiger partial charge in [0.25, 0.3) is 0 Å². The van der Waals surface area contributed by atoms with E-state index in [1.54, 1.807) is 12.4 Å². The predicted octanol–water partition coefficient (Wildman–Crippen LogP) is 2.35. The van der Waals surface area contributed by atoms with Gasteiger partial charge in [0, 0.05) is 10.7 Å². The summed E-state index contributed by atoms with van der Waals surface area (Å²) in [7, 11) is 0. The molecule has 0 aliphatic heterocycles. The van der Waals surface area contributed by atoms with Gasteiger partial charge >= 0.3 is 0 Å². The number of carbonyl (C=O) groups excluding carboxylic acids is 1. The molecule has 0 saturated carbocycles. The Balaban J connectivity index is 1.97. The van der Waals surface area contributed by atoms with Crippen LogP contribution in [0.1, 0.15) is 5.56 Å². The summed E-state index contributed by atoms with van der Waals surface area (Å²) in [6, 6.07) is 7.68. The molecule has 0 aliphatic rings. The summed E-state index contributed by atoms with van der Waals surface area (Å²) in [6.45, 7) is 0. The predicted molar refractivity (Wildman–Crippen MR) is 65.1 cm³/mol. The molecule has 1 aromatic heterocycles. The van der Waals surface area contributed by atoms with Crippen molar-refractivity contribution in [2.45, 2.75) is 6.42 Å². The number of amides is 1. The maximum atomic E-state index is 11.6. The molecule has 4 nitrogen and oxygen atoms in total. The van der Waals surface area contributed by atoms with Crippen molar-refractivity contribution in [2.24, 2.45) is 0 Å². The van der Waals surface area contributed by atoms with Crippen LogP contribution in [-0.2, 0) is 11.2 Å². The number of rotatable bonds is 3. The van der Waals surface area contributed by atoms with E-state index in [9.17, 15) is 4.79 Å². The molecule has 0 spiro atoms. The van der Waals surface area contributed by atoms with Gasteiger partial charge in [0.2, 0.25) is 5.91 Å². The molecule has 0 saturated heterocycles. The van der Waals surface area contributed by atoms with E-state index >= 15 is 0 Å². The molecule has 1 heterocycles. The molecule has 16 heavy (non-hydrogen) atoms. The molecule has 1 aromatic carbocycles. The lowest BCUT2D eigenvalue weighted by molar-refractivity contribution is -0.115. The van der Waals surface area contributed by atoms with Crippen LogP contribution >= 0.6 is 15.9 Å². The van der Waals surface area contributed by atoms with E-state index in [1.165, 1.54) is 0 Å². The van der Waals surface area contributed by atoms with Crippen LogP contribution in [-0.4, -0.2) is 16.1 Å². The summed E-state index contributed by atoms with van der Waals surface area (Å²) in [5.74, 6) is -0.0560. The Bertz CT molecular complexity index is 482. The van der Waals surface area contributed by atoms with Gasteiger partial charge in [0.15, 0.2) is 0 Å². The van der Waals surface area contributed by atoms with E-state index < -0.39 is 0 Å². The van der Waals surface area contributed by atoms with Crippen molar-refractivity contribution in [1.29, 1.82) is 0 Å². The number of nitrogens with zero attached hydrogens (tertiary/aromatic N) is 1. The molecule has 2 N–H and O–H groups in total. The Morgan fingerprint density at radius 1 is 1.50 bits per heavy atom. The highest BCUT2D eigenvalue weighted by Crippen LogP contribution is 2.12. The molecule has 0 atom stereocenters. The van der Waals surface area contributed by atoms with E-state index in [0.29, 0.717) is 12.1 Å². The summed E-state index contributed by atoms with van der Waals surface area (Å²) in [4.78, 5) is 11.6. The number of anilines is 1. The highest BCUT2D eigenvalue weighted by Gasteiger charge is 2.04. The number of H-pyrrole nitrogens is 1. The molecule has 0 unspecified atom stereocenters. The Morgan fingerprint density at radius 2 is 2.38 bits per heavy atom. The van der Waals surface area contributed by atoms with Crippen LogP contribution in [0.25, 0.3) is 0 Å². The van der Waals surface area contributed by atoms with Gasteiger partial charge in [0.05, 0.1) is 18.3 Å². The topological polar surface area (TPSA) is 57.8 Å². The summed E-state index contributed by atoms with van der Waals surface area (Å²) in [6.07, 6.45) is 3.56. The van der Waals surface area contributed by atoms with Gasteiger partial charge < -0.3 is 5.32 Å². The average Bonchev–Trinajstić information content (AvgIpc) is 2.70. The molecule has 0 fully saturated rings. The number of halogens is 1. The first kappa shape index (κ1) is 10.9. The van der Waals surface area contributed by atoms with Gasteiger partial charge in [-0.15, -0.1) is 0 Å². The third-order valence-corrected chi connectivity index (χ3v) is 2.53. The fraction of sp³-hybridized carbons (Fsp3) is 0.0909. The van der Waals surface area contributed by atoms with Crippen molar-refractivity contribution in [1.82, 2.24) is 10.2 Å². The van der Waals surface area contributed by atoms with Crippen LogP contribution in [0.5, 0.6) is 0 Å². The standard InChI is InChI=1S/C11H10BrN3O/c12-9-3-1-2-8(4-9)5-11(16)15-10-6-13-14-7-10/h1-4,6-7H,5H2,(H,13,14)(H,15,16). The minimum atomic E-state index is -0.0560. The van der Waals surface area contributed by atoms with E-state index in [-0.39, 0.29) is 5.91 Å². The number of aromatic nitrogens is 2. The van der Waals surface area contributed by atoms with Crippen molar-refractivity contribution in [3.05, 3.63) is 46.7 Å². The van der Waals surface area contributed by atoms with Crippen LogP contribution in [0.2, 0.25) is 0 Å². The first-order chi connectivity index (χ1) is 7.74. The monoisotopic (exact) mass is 279 g/mol. The van der Waals surface area contributed by atoms with Gasteiger partial charge in [-0.2, -0.15) is 5.10 Å². The van der Waals surface area contributed by atoms with E-state index in [0.717, 1.165) is 10.0 Å². The Labute approximate surface area is 101 Å². The van der Waals surface area contributed by atoms with Gasteiger partial charge in [0.1, 0.15) is 0 Å². The fourth-order valence-corrected chi connectivity index (χ4v) is 1.80. The summed E-state index contributed by atoms with van der Waals surface area (Å²) >= 11 is 3.37. The van der Waals surface area contributed by atoms with Crippen molar-refractivity contribution >= 4 is 27.5 Å². The Morgan fingerprint density at radius 3 is 3.06 bits per heavy atom. The summed E-state index contributed by atoms with van der Waals surface area (Å²) in [5.41, 5.74) is 1.65. The van der Waals surface area contributed by atoms with Gasteiger partial charge in [-0.05, 0) is 17.7 Å². The first-order valence-electron chi connectivity index (χ1n) is 4.77. The smallest absolute Gasteiger partial charge is 0.228 e. The number of carbonyl (C=O) groups is 1. The minimum absolute atomic E-state index is 0.0560. The van der Waals surface area contributed by atoms with E-state index in [4.69, 9.17) is 0 Å². The quantitative estimate of drug-likeness (QED) is 0.906. The molecule has 0 aliphatic carbocycles. The van der Waals surface area contributed by atoms with Crippen LogP contribution < -0.4 is 5.32 Å². The molecule has 0 radical (unpaired) electrons. The number of benzene rings is 1. The number of nitrogens with one attached hydrogen (secondary N) is 2. The molecular weight excluding hydrogens is 270 g/mol. The number of hydrogen-bond donors (Lipinski definition) is 2. The zero-order valence-corrected chi connectivity index (χ0v) is 9.99. The SMILES string of the molecule is O=C(Cc1cccc(Br)c1)Nc1cn[nH]c1. The second-order valence-electron chi connectivity index (χ2n) is 3.34. The fourth-order valence-electron chi connectivity index (χ4n) is 1.36. The molecule has 2 rings (SSSR count). The van der Waals surface area contributed by atoms with Crippen LogP contribution in [0, 0.1) is 0 Å². The van der Waals surface area contributed by atoms with Crippen LogP contribution in [0.3, 0.4) is 0 Å². The van der Waals surface area contributed by atoms with E-state index in [1.807, 2.05) is 24.3 Å². The first-order valence-corrected chi connectivity index (χ1v) is 5.56. The number of hydrogen-bond acceptors (Lipinski definition) is 2. The third kappa shape index (κ3) is 2.93. The molecule has 0 bridgehead atoms. The summed E-state index contributed by atoms with van der Waals surface area (Å²) < 4.78 is 0.973. The molecule has 5 heteroatoms. The number of aromatic amines is 1. The summed E-state index contributed by atoms with van der Waals surface area (Å²) in [5, 5.41) is 9.13. The second kappa shape index (κ2) is 4.94. The van der Waals surface area contributed by atoms with Crippen LogP contribution in [0.4, 0.5) is 5.69 Å². The lowest BCUT2D eigenvalue weighted by atomic mass is 10.1. The molecular formula is C11H10BrN3O. The van der Waals surface area contributed by atoms with Crippen molar-refractivity contribution in [3.8, 4) is 0 Å². The Hall–Kier alpha value is -1.62. The van der Waals surface area contributed by atoms with E-state index in [2.05, 4.69) is 31.4 Å². The van der Waals surface area contributed by atoms with Crippen molar-refractivity contribution < 1.29 is 4.79 Å². The zero-order valence-electron chi connectivity index (χ0n) is 8.40. The highest BCUT2D eigenvalue weighted by molar-refractivity contribution is 9.10. The van der Waals surface area contributed by atoms with Crippen molar-refractivity contribution in [2.75, 3.05) is 5.32 Å². The van der Waals surface area contributed by atoms with Gasteiger partial charge in [-0.3, -0.25) is 9.89 Å². The largest absolute Gasteiger partial charge is 0.323 e. The second-order valence-corrected chi connectivity index (χ2v) is 4.26. The maximum Gasteiger partial charge on any atom is 0.228 e. The van der Waals surface area contributed by atoms with Crippen molar-refractivity contribution in [3.63, 3.8) is 0 Å². The molecule has 1 amide bonds. The third-order valence-electron chi connectivity index (χ3n) is 2.04. The molecule has 2 aromatic rings. The van der Waals surface area contributed by atoms with Crippen LogP contribution in [0.15, 0.2) is 41.1 Å². The highest BCUT2D eigenvalue weighted by atomic mass is 79.9. The minimum Gasteiger partial charge on any atom is -0.323 e.